The Bertz CT molecular complexity index is 668. The molecule has 0 spiro atoms. The van der Waals surface area contributed by atoms with Crippen LogP contribution in [0.5, 0.6) is 0 Å². The Morgan fingerprint density at radius 2 is 1.97 bits per heavy atom. The number of fused-ring (bicyclic) bond motifs is 1. The summed E-state index contributed by atoms with van der Waals surface area (Å²) in [4.78, 5) is 0. The lowest BCUT2D eigenvalue weighted by molar-refractivity contribution is 0.0461. The van der Waals surface area contributed by atoms with Crippen LogP contribution in [0.3, 0.4) is 0 Å². The molecule has 0 saturated heterocycles. The van der Waals surface area contributed by atoms with Crippen molar-refractivity contribution in [1.29, 1.82) is 0 Å². The minimum Gasteiger partial charge on any atom is -0.393 e. The summed E-state index contributed by atoms with van der Waals surface area (Å²) in [5.41, 5.74) is 3.10. The van der Waals surface area contributed by atoms with E-state index in [-0.39, 0.29) is 0 Å². The first-order valence-electron chi connectivity index (χ1n) is 11.7. The van der Waals surface area contributed by atoms with Crippen molar-refractivity contribution in [3.8, 4) is 0 Å². The molecule has 3 fully saturated rings. The third-order valence-electron chi connectivity index (χ3n) is 8.20. The van der Waals surface area contributed by atoms with Crippen molar-refractivity contribution >= 4 is 0 Å². The van der Waals surface area contributed by atoms with Gasteiger partial charge in [0.2, 0.25) is 0 Å². The van der Waals surface area contributed by atoms with Crippen molar-refractivity contribution in [3.05, 3.63) is 35.5 Å². The van der Waals surface area contributed by atoms with E-state index in [0.29, 0.717) is 30.1 Å². The molecule has 29 heavy (non-hydrogen) atoms. The van der Waals surface area contributed by atoms with E-state index >= 15 is 0 Å². The molecule has 0 aromatic heterocycles. The van der Waals surface area contributed by atoms with Crippen molar-refractivity contribution in [1.82, 2.24) is 0 Å². The fourth-order valence-corrected chi connectivity index (χ4v) is 6.46. The molecule has 164 valence electrons. The molecular formula is C26H42O3. The zero-order chi connectivity index (χ0) is 21.4. The summed E-state index contributed by atoms with van der Waals surface area (Å²) in [7, 11) is 0. The molecule has 0 amide bonds. The number of hydrogen-bond donors (Lipinski definition) is 3. The van der Waals surface area contributed by atoms with Crippen molar-refractivity contribution in [2.45, 2.75) is 103 Å². The summed E-state index contributed by atoms with van der Waals surface area (Å²) in [6, 6.07) is 0. The van der Waals surface area contributed by atoms with Crippen LogP contribution < -0.4 is 0 Å². The highest BCUT2D eigenvalue weighted by atomic mass is 16.3. The fourth-order valence-electron chi connectivity index (χ4n) is 6.46. The molecule has 0 unspecified atom stereocenters. The molecule has 3 N–H and O–H groups in total. The predicted octanol–water partition coefficient (Wildman–Crippen LogP) is 5.31. The quantitative estimate of drug-likeness (QED) is 0.584. The Morgan fingerprint density at radius 3 is 2.66 bits per heavy atom. The van der Waals surface area contributed by atoms with Gasteiger partial charge in [-0.05, 0) is 99.5 Å². The molecule has 0 aromatic rings. The van der Waals surface area contributed by atoms with Gasteiger partial charge in [-0.1, -0.05) is 38.2 Å². The second kappa shape index (κ2) is 8.69. The maximum absolute atomic E-state index is 10.1. The largest absolute Gasteiger partial charge is 0.393 e. The maximum Gasteiger partial charge on any atom is 0.0811 e. The molecule has 6 atom stereocenters. The molecular weight excluding hydrogens is 360 g/mol. The molecule has 0 aliphatic heterocycles. The lowest BCUT2D eigenvalue weighted by atomic mass is 9.60. The van der Waals surface area contributed by atoms with Crippen LogP contribution in [-0.2, 0) is 0 Å². The topological polar surface area (TPSA) is 60.7 Å². The molecule has 3 heteroatoms. The van der Waals surface area contributed by atoms with E-state index in [2.05, 4.69) is 32.6 Å². The van der Waals surface area contributed by atoms with E-state index in [1.807, 2.05) is 13.8 Å². The van der Waals surface area contributed by atoms with Crippen LogP contribution in [0.15, 0.2) is 35.5 Å². The minimum atomic E-state index is -0.618. The number of hydrogen-bond acceptors (Lipinski definition) is 3. The third-order valence-corrected chi connectivity index (χ3v) is 8.20. The molecule has 0 bridgehead atoms. The second-order valence-corrected chi connectivity index (χ2v) is 11.0. The zero-order valence-corrected chi connectivity index (χ0v) is 19.0. The normalized spacial score (nSPS) is 39.8. The summed E-state index contributed by atoms with van der Waals surface area (Å²) in [6.45, 7) is 12.8. The van der Waals surface area contributed by atoms with Gasteiger partial charge in [-0.2, -0.15) is 0 Å². The van der Waals surface area contributed by atoms with Crippen molar-refractivity contribution < 1.29 is 15.3 Å². The Balaban J connectivity index is 1.75. The van der Waals surface area contributed by atoms with Gasteiger partial charge in [-0.3, -0.25) is 0 Å². The Morgan fingerprint density at radius 1 is 1.24 bits per heavy atom. The lowest BCUT2D eigenvalue weighted by Gasteiger charge is -2.44. The molecule has 3 nitrogen and oxygen atoms in total. The van der Waals surface area contributed by atoms with Crippen LogP contribution in [0.25, 0.3) is 0 Å². The van der Waals surface area contributed by atoms with Crippen LogP contribution in [-0.4, -0.2) is 33.1 Å². The van der Waals surface area contributed by atoms with E-state index < -0.39 is 17.8 Å². The summed E-state index contributed by atoms with van der Waals surface area (Å²) in [5, 5.41) is 30.3. The minimum absolute atomic E-state index is 0.351. The smallest absolute Gasteiger partial charge is 0.0811 e. The van der Waals surface area contributed by atoms with Crippen LogP contribution in [0.1, 0.15) is 85.5 Å². The van der Waals surface area contributed by atoms with Gasteiger partial charge in [0.1, 0.15) is 0 Å². The first kappa shape index (κ1) is 22.8. The van der Waals surface area contributed by atoms with Crippen LogP contribution >= 0.6 is 0 Å². The molecule has 3 rings (SSSR count). The SMILES string of the molecule is C=C1/C(=C/C=C2\CCC[C@]3(C)[C@@H]([C@H](C)CCC(C)(C)O)CC[C@@H]23)C[C@@H](O)C[C@@H]1O. The predicted molar refractivity (Wildman–Crippen MR) is 119 cm³/mol. The Hall–Kier alpha value is -0.900. The highest BCUT2D eigenvalue weighted by Crippen LogP contribution is 2.60. The van der Waals surface area contributed by atoms with Gasteiger partial charge in [-0.15, -0.1) is 0 Å². The first-order chi connectivity index (χ1) is 13.5. The van der Waals surface area contributed by atoms with E-state index in [1.54, 1.807) is 5.57 Å². The molecule has 0 aromatic carbocycles. The number of allylic oxidation sites excluding steroid dienone is 3. The standard InChI is InChI=1S/C26H42O3/c1-17(12-14-25(3,4)29)22-10-11-23-19(7-6-13-26(22,23)5)8-9-20-15-21(27)16-24(28)18(20)2/h8-9,17,21-24,27-29H,2,6-7,10-16H2,1,3-5H3/b19-8+,20-9+/t17-,21-,22-,23+,24+,26-/m1/s1. The van der Waals surface area contributed by atoms with Crippen molar-refractivity contribution in [2.24, 2.45) is 23.2 Å². The fraction of sp³-hybridized carbons (Fsp3) is 0.769. The third kappa shape index (κ3) is 5.06. The average Bonchev–Trinajstić information content (AvgIpc) is 2.98. The molecule has 3 aliphatic carbocycles. The van der Waals surface area contributed by atoms with E-state index in [1.165, 1.54) is 25.7 Å². The number of aliphatic hydroxyl groups is 3. The van der Waals surface area contributed by atoms with Crippen LogP contribution in [0.2, 0.25) is 0 Å². The summed E-state index contributed by atoms with van der Waals surface area (Å²) in [5.74, 6) is 1.99. The van der Waals surface area contributed by atoms with Gasteiger partial charge < -0.3 is 15.3 Å². The van der Waals surface area contributed by atoms with Gasteiger partial charge >= 0.3 is 0 Å². The maximum atomic E-state index is 10.1. The summed E-state index contributed by atoms with van der Waals surface area (Å²) >= 11 is 0. The second-order valence-electron chi connectivity index (χ2n) is 11.0. The lowest BCUT2D eigenvalue weighted by Crippen LogP contribution is -2.36. The van der Waals surface area contributed by atoms with Crippen LogP contribution in [0, 0.1) is 23.2 Å². The monoisotopic (exact) mass is 402 g/mol. The van der Waals surface area contributed by atoms with E-state index in [9.17, 15) is 15.3 Å². The molecule has 0 heterocycles. The van der Waals surface area contributed by atoms with Crippen LogP contribution in [0.4, 0.5) is 0 Å². The molecule has 3 saturated carbocycles. The number of rotatable bonds is 5. The van der Waals surface area contributed by atoms with Gasteiger partial charge in [0, 0.05) is 6.42 Å². The molecule has 3 aliphatic rings. The zero-order valence-electron chi connectivity index (χ0n) is 19.0. The highest BCUT2D eigenvalue weighted by molar-refractivity contribution is 5.38. The Labute approximate surface area is 177 Å². The average molecular weight is 403 g/mol. The van der Waals surface area contributed by atoms with Crippen molar-refractivity contribution in [3.63, 3.8) is 0 Å². The number of aliphatic hydroxyl groups excluding tert-OH is 2. The van der Waals surface area contributed by atoms with E-state index in [0.717, 1.165) is 36.3 Å². The Kier molecular flexibility index (Phi) is 6.82. The first-order valence-corrected chi connectivity index (χ1v) is 11.7. The summed E-state index contributed by atoms with van der Waals surface area (Å²) in [6.07, 6.45) is 12.5. The van der Waals surface area contributed by atoms with Gasteiger partial charge in [0.25, 0.3) is 0 Å². The van der Waals surface area contributed by atoms with Gasteiger partial charge in [0.15, 0.2) is 0 Å². The van der Waals surface area contributed by atoms with E-state index in [4.69, 9.17) is 0 Å². The van der Waals surface area contributed by atoms with Crippen molar-refractivity contribution in [2.75, 3.05) is 0 Å². The highest BCUT2D eigenvalue weighted by Gasteiger charge is 2.50. The van der Waals surface area contributed by atoms with Gasteiger partial charge in [0.05, 0.1) is 17.8 Å². The molecule has 0 radical (unpaired) electrons. The summed E-state index contributed by atoms with van der Waals surface area (Å²) < 4.78 is 0. The van der Waals surface area contributed by atoms with Gasteiger partial charge in [-0.25, -0.2) is 0 Å².